The van der Waals surface area contributed by atoms with E-state index in [0.29, 0.717) is 16.9 Å². The molecular weight excluding hydrogens is 364 g/mol. The minimum Gasteiger partial charge on any atom is -0.311 e. The monoisotopic (exact) mass is 384 g/mol. The lowest BCUT2D eigenvalue weighted by atomic mass is 10.0. The molecule has 0 radical (unpaired) electrons. The molecule has 1 aliphatic heterocycles. The lowest BCUT2D eigenvalue weighted by Gasteiger charge is -2.16. The fourth-order valence-corrected chi connectivity index (χ4v) is 4.64. The molecule has 27 heavy (non-hydrogen) atoms. The molecule has 0 aliphatic carbocycles. The Morgan fingerprint density at radius 3 is 2.67 bits per heavy atom. The highest BCUT2D eigenvalue weighted by molar-refractivity contribution is 8.00. The third kappa shape index (κ3) is 2.80. The van der Waals surface area contributed by atoms with Crippen LogP contribution in [0.15, 0.2) is 39.9 Å². The number of thioether (sulfide) groups is 1. The molecule has 1 unspecified atom stereocenters. The van der Waals surface area contributed by atoms with Gasteiger partial charge in [-0.25, -0.2) is 0 Å². The first-order chi connectivity index (χ1) is 12.9. The topological polar surface area (TPSA) is 88.9 Å². The number of carbonyl (C=O) groups excluding carboxylic acids is 1. The molecule has 1 aromatic carbocycles. The van der Waals surface area contributed by atoms with Crippen molar-refractivity contribution in [2.75, 3.05) is 11.1 Å². The standard InChI is InChI=1S/C19H20N4O3S/c1-10(2)23-17-15(18(25)21-23)16(27-9-14(24)20-17)12-8-11-6-4-5-7-13(11)22(3)19(12)26/h4-8,10,16H,9H2,1-3H3,(H,20,24)(H,21,25). The fourth-order valence-electron chi connectivity index (χ4n) is 3.51. The number of nitrogens with one attached hydrogen (secondary N) is 2. The number of carbonyl (C=O) groups is 1. The van der Waals surface area contributed by atoms with E-state index in [1.165, 1.54) is 11.8 Å². The SMILES string of the molecule is CC(C)n1[nH]c(=O)c2c1NC(=O)CSC2c1cc2ccccc2n(C)c1=O. The van der Waals surface area contributed by atoms with Crippen LogP contribution in [0.3, 0.4) is 0 Å². The van der Waals surface area contributed by atoms with E-state index in [4.69, 9.17) is 0 Å². The molecule has 1 amide bonds. The van der Waals surface area contributed by atoms with E-state index in [-0.39, 0.29) is 28.8 Å². The van der Waals surface area contributed by atoms with Gasteiger partial charge in [0.15, 0.2) is 0 Å². The quantitative estimate of drug-likeness (QED) is 0.710. The Balaban J connectivity index is 2.00. The highest BCUT2D eigenvalue weighted by Crippen LogP contribution is 2.39. The summed E-state index contributed by atoms with van der Waals surface area (Å²) in [6, 6.07) is 9.42. The molecule has 0 bridgehead atoms. The first-order valence-corrected chi connectivity index (χ1v) is 9.78. The van der Waals surface area contributed by atoms with Crippen LogP contribution in [0.4, 0.5) is 5.82 Å². The van der Waals surface area contributed by atoms with Gasteiger partial charge in [0.1, 0.15) is 5.82 Å². The molecule has 0 spiro atoms. The van der Waals surface area contributed by atoms with Crippen LogP contribution in [0.5, 0.6) is 0 Å². The average molecular weight is 384 g/mol. The molecule has 140 valence electrons. The molecule has 3 heterocycles. The molecule has 4 rings (SSSR count). The second-order valence-corrected chi connectivity index (χ2v) is 8.02. The van der Waals surface area contributed by atoms with Crippen molar-refractivity contribution >= 4 is 34.4 Å². The summed E-state index contributed by atoms with van der Waals surface area (Å²) in [7, 11) is 1.73. The van der Waals surface area contributed by atoms with Gasteiger partial charge in [0.2, 0.25) is 5.91 Å². The summed E-state index contributed by atoms with van der Waals surface area (Å²) in [5.74, 6) is 0.437. The lowest BCUT2D eigenvalue weighted by molar-refractivity contribution is -0.113. The van der Waals surface area contributed by atoms with Gasteiger partial charge in [0, 0.05) is 18.7 Å². The van der Waals surface area contributed by atoms with Crippen molar-refractivity contribution in [3.8, 4) is 0 Å². The van der Waals surface area contributed by atoms with Crippen LogP contribution >= 0.6 is 11.8 Å². The molecular formula is C19H20N4O3S. The second kappa shape index (κ2) is 6.45. The fraction of sp³-hybridized carbons (Fsp3) is 0.316. The summed E-state index contributed by atoms with van der Waals surface area (Å²) < 4.78 is 3.25. The number of aryl methyl sites for hydroxylation is 1. The molecule has 1 atom stereocenters. The molecule has 2 aromatic heterocycles. The molecule has 7 nitrogen and oxygen atoms in total. The van der Waals surface area contributed by atoms with Crippen LogP contribution in [-0.2, 0) is 11.8 Å². The third-order valence-electron chi connectivity index (χ3n) is 4.82. The minimum absolute atomic E-state index is 0.0371. The molecule has 2 N–H and O–H groups in total. The molecule has 0 saturated heterocycles. The minimum atomic E-state index is -0.522. The number of aromatic nitrogens is 3. The maximum absolute atomic E-state index is 13.1. The number of hydrogen-bond acceptors (Lipinski definition) is 4. The number of hydrogen-bond donors (Lipinski definition) is 2. The van der Waals surface area contributed by atoms with Crippen LogP contribution in [0, 0.1) is 0 Å². The Kier molecular flexibility index (Phi) is 4.22. The number of anilines is 1. The molecule has 8 heteroatoms. The highest BCUT2D eigenvalue weighted by atomic mass is 32.2. The number of para-hydroxylation sites is 1. The van der Waals surface area contributed by atoms with Crippen molar-refractivity contribution in [2.45, 2.75) is 25.1 Å². The zero-order valence-electron chi connectivity index (χ0n) is 15.3. The van der Waals surface area contributed by atoms with Gasteiger partial charge in [-0.1, -0.05) is 18.2 Å². The van der Waals surface area contributed by atoms with Crippen molar-refractivity contribution in [1.82, 2.24) is 14.3 Å². The maximum Gasteiger partial charge on any atom is 0.270 e. The predicted molar refractivity (Wildman–Crippen MR) is 108 cm³/mol. The Morgan fingerprint density at radius 1 is 1.19 bits per heavy atom. The van der Waals surface area contributed by atoms with E-state index in [1.54, 1.807) is 16.3 Å². The summed E-state index contributed by atoms with van der Waals surface area (Å²) in [4.78, 5) is 38.0. The molecule has 0 fully saturated rings. The molecule has 3 aromatic rings. The van der Waals surface area contributed by atoms with E-state index in [1.807, 2.05) is 44.2 Å². The summed E-state index contributed by atoms with van der Waals surface area (Å²) in [5.41, 5.74) is 1.31. The van der Waals surface area contributed by atoms with Crippen molar-refractivity contribution in [2.24, 2.45) is 7.05 Å². The van der Waals surface area contributed by atoms with Crippen LogP contribution in [0.1, 0.15) is 36.3 Å². The highest BCUT2D eigenvalue weighted by Gasteiger charge is 2.32. The summed E-state index contributed by atoms with van der Waals surface area (Å²) in [6.45, 7) is 3.84. The van der Waals surface area contributed by atoms with Crippen LogP contribution < -0.4 is 16.4 Å². The molecule has 0 saturated carbocycles. The maximum atomic E-state index is 13.1. The lowest BCUT2D eigenvalue weighted by Crippen LogP contribution is -2.24. The van der Waals surface area contributed by atoms with Crippen molar-refractivity contribution in [3.63, 3.8) is 0 Å². The number of nitrogens with zero attached hydrogens (tertiary/aromatic N) is 2. The van der Waals surface area contributed by atoms with Gasteiger partial charge in [-0.05, 0) is 31.4 Å². The number of rotatable bonds is 2. The van der Waals surface area contributed by atoms with Gasteiger partial charge in [0.25, 0.3) is 11.1 Å². The first kappa shape index (κ1) is 17.7. The van der Waals surface area contributed by atoms with Gasteiger partial charge >= 0.3 is 0 Å². The van der Waals surface area contributed by atoms with Gasteiger partial charge < -0.3 is 9.88 Å². The Morgan fingerprint density at radius 2 is 1.93 bits per heavy atom. The number of H-pyrrole nitrogens is 1. The van der Waals surface area contributed by atoms with Crippen LogP contribution in [0.25, 0.3) is 10.9 Å². The third-order valence-corrected chi connectivity index (χ3v) is 6.08. The van der Waals surface area contributed by atoms with Crippen LogP contribution in [0.2, 0.25) is 0 Å². The summed E-state index contributed by atoms with van der Waals surface area (Å²) in [5, 5.41) is 6.02. The number of amides is 1. The van der Waals surface area contributed by atoms with E-state index >= 15 is 0 Å². The zero-order chi connectivity index (χ0) is 19.3. The van der Waals surface area contributed by atoms with Gasteiger partial charge in [-0.2, -0.15) is 0 Å². The molecule has 1 aliphatic rings. The zero-order valence-corrected chi connectivity index (χ0v) is 16.1. The number of fused-ring (bicyclic) bond motifs is 2. The van der Waals surface area contributed by atoms with E-state index in [0.717, 1.165) is 10.9 Å². The van der Waals surface area contributed by atoms with Gasteiger partial charge in [0.05, 0.1) is 22.1 Å². The van der Waals surface area contributed by atoms with Gasteiger partial charge in [-0.15, -0.1) is 11.8 Å². The smallest absolute Gasteiger partial charge is 0.270 e. The van der Waals surface area contributed by atoms with Crippen molar-refractivity contribution in [3.05, 3.63) is 62.2 Å². The van der Waals surface area contributed by atoms with Crippen LogP contribution in [-0.4, -0.2) is 26.0 Å². The predicted octanol–water partition coefficient (Wildman–Crippen LogP) is 2.38. The number of aromatic amines is 1. The average Bonchev–Trinajstić information content (AvgIpc) is 2.85. The van der Waals surface area contributed by atoms with Crippen molar-refractivity contribution in [1.29, 1.82) is 0 Å². The Hall–Kier alpha value is -2.74. The van der Waals surface area contributed by atoms with E-state index in [9.17, 15) is 14.4 Å². The van der Waals surface area contributed by atoms with E-state index < -0.39 is 5.25 Å². The Bertz CT molecular complexity index is 1170. The largest absolute Gasteiger partial charge is 0.311 e. The number of pyridine rings is 1. The summed E-state index contributed by atoms with van der Waals surface area (Å²) in [6.07, 6.45) is 0. The summed E-state index contributed by atoms with van der Waals surface area (Å²) >= 11 is 1.30. The number of benzene rings is 1. The second-order valence-electron chi connectivity index (χ2n) is 6.93. The normalized spacial score (nSPS) is 17.0. The van der Waals surface area contributed by atoms with Crippen molar-refractivity contribution < 1.29 is 4.79 Å². The van der Waals surface area contributed by atoms with E-state index in [2.05, 4.69) is 10.4 Å². The first-order valence-electron chi connectivity index (χ1n) is 8.73. The van der Waals surface area contributed by atoms with Gasteiger partial charge in [-0.3, -0.25) is 24.2 Å². The Labute approximate surface area is 159 Å².